The molecule has 6 nitrogen and oxygen atoms in total. The van der Waals surface area contributed by atoms with Gasteiger partial charge in [0.2, 0.25) is 0 Å². The second-order valence-electron chi connectivity index (χ2n) is 6.76. The Hall–Kier alpha value is -0.900. The highest BCUT2D eigenvalue weighted by Gasteiger charge is 2.00. The molecule has 0 saturated heterocycles. The maximum atomic E-state index is 5.58. The van der Waals surface area contributed by atoms with E-state index in [1.165, 1.54) is 11.1 Å². The van der Waals surface area contributed by atoms with Gasteiger partial charge in [0.05, 0.1) is 26.4 Å². The van der Waals surface area contributed by atoms with E-state index in [2.05, 4.69) is 72.7 Å². The van der Waals surface area contributed by atoms with Crippen molar-refractivity contribution < 1.29 is 9.47 Å². The molecule has 0 spiro atoms. The van der Waals surface area contributed by atoms with Crippen molar-refractivity contribution in [3.05, 3.63) is 35.4 Å². The van der Waals surface area contributed by atoms with Gasteiger partial charge in [-0.15, -0.1) is 24.0 Å². The molecule has 0 atom stereocenters. The number of hydrogen-bond acceptors (Lipinski definition) is 4. The number of rotatable bonds is 14. The third-order valence-corrected chi connectivity index (χ3v) is 3.81. The van der Waals surface area contributed by atoms with Crippen molar-refractivity contribution in [2.75, 3.05) is 53.6 Å². The number of nitrogens with zero attached hydrogens (tertiary/aromatic N) is 2. The molecule has 0 fully saturated rings. The van der Waals surface area contributed by atoms with Crippen LogP contribution in [0.2, 0.25) is 0 Å². The van der Waals surface area contributed by atoms with Crippen LogP contribution in [-0.2, 0) is 22.6 Å². The van der Waals surface area contributed by atoms with Crippen LogP contribution in [0, 0.1) is 0 Å². The van der Waals surface area contributed by atoms with E-state index in [1.807, 2.05) is 0 Å². The van der Waals surface area contributed by atoms with Gasteiger partial charge in [-0.05, 0) is 38.6 Å². The molecule has 0 aromatic heterocycles. The van der Waals surface area contributed by atoms with Crippen LogP contribution >= 0.6 is 24.0 Å². The quantitative estimate of drug-likeness (QED) is 0.176. The first-order valence-corrected chi connectivity index (χ1v) is 10.1. The average molecular weight is 506 g/mol. The van der Waals surface area contributed by atoms with Crippen molar-refractivity contribution in [1.82, 2.24) is 15.5 Å². The van der Waals surface area contributed by atoms with E-state index < -0.39 is 0 Å². The third kappa shape index (κ3) is 14.1. The predicted molar refractivity (Wildman–Crippen MR) is 129 cm³/mol. The second-order valence-corrected chi connectivity index (χ2v) is 6.76. The zero-order valence-electron chi connectivity index (χ0n) is 18.0. The molecule has 1 aromatic rings. The standard InChI is InChI=1S/C21H38N4O2.HI/c1-5-7-12-26-14-15-27-13-11-23-21(22-6-2)24-17-19-9-8-10-20(16-19)18-25(3)4;/h8-10,16H,5-7,11-15,17-18H2,1-4H3,(H2,22,23,24);1H. The minimum atomic E-state index is 0. The molecule has 7 heteroatoms. The van der Waals surface area contributed by atoms with Gasteiger partial charge in [-0.2, -0.15) is 0 Å². The minimum absolute atomic E-state index is 0. The maximum Gasteiger partial charge on any atom is 0.191 e. The SMILES string of the molecule is CCCCOCCOCCNC(=NCc1cccc(CN(C)C)c1)NCC.I. The summed E-state index contributed by atoms with van der Waals surface area (Å²) in [7, 11) is 4.16. The maximum absolute atomic E-state index is 5.58. The fourth-order valence-electron chi connectivity index (χ4n) is 2.51. The number of guanidine groups is 1. The fraction of sp³-hybridized carbons (Fsp3) is 0.667. The van der Waals surface area contributed by atoms with Gasteiger partial charge in [-0.1, -0.05) is 37.6 Å². The average Bonchev–Trinajstić information content (AvgIpc) is 2.64. The van der Waals surface area contributed by atoms with Gasteiger partial charge in [0.15, 0.2) is 5.96 Å². The van der Waals surface area contributed by atoms with Crippen molar-refractivity contribution in [3.63, 3.8) is 0 Å². The summed E-state index contributed by atoms with van der Waals surface area (Å²) in [6.07, 6.45) is 2.28. The van der Waals surface area contributed by atoms with E-state index >= 15 is 0 Å². The Morgan fingerprint density at radius 2 is 1.71 bits per heavy atom. The molecule has 1 rings (SSSR count). The van der Waals surface area contributed by atoms with E-state index in [4.69, 9.17) is 9.47 Å². The lowest BCUT2D eigenvalue weighted by Gasteiger charge is -2.12. The van der Waals surface area contributed by atoms with Gasteiger partial charge in [0, 0.05) is 26.2 Å². The van der Waals surface area contributed by atoms with E-state index in [9.17, 15) is 0 Å². The van der Waals surface area contributed by atoms with E-state index in [-0.39, 0.29) is 24.0 Å². The van der Waals surface area contributed by atoms with Crippen LogP contribution in [0.25, 0.3) is 0 Å². The van der Waals surface area contributed by atoms with Crippen LogP contribution in [0.1, 0.15) is 37.8 Å². The molecule has 0 heterocycles. The normalized spacial score (nSPS) is 11.4. The van der Waals surface area contributed by atoms with Gasteiger partial charge < -0.3 is 25.0 Å². The zero-order valence-corrected chi connectivity index (χ0v) is 20.3. The highest BCUT2D eigenvalue weighted by molar-refractivity contribution is 14.0. The lowest BCUT2D eigenvalue weighted by Crippen LogP contribution is -2.39. The molecular formula is C21H39IN4O2. The Balaban J connectivity index is 0.00000729. The Morgan fingerprint density at radius 1 is 1.00 bits per heavy atom. The van der Waals surface area contributed by atoms with Crippen molar-refractivity contribution in [2.24, 2.45) is 4.99 Å². The lowest BCUT2D eigenvalue weighted by atomic mass is 10.1. The summed E-state index contributed by atoms with van der Waals surface area (Å²) in [4.78, 5) is 6.84. The summed E-state index contributed by atoms with van der Waals surface area (Å²) < 4.78 is 11.1. The highest BCUT2D eigenvalue weighted by Crippen LogP contribution is 2.08. The topological polar surface area (TPSA) is 58.1 Å². The number of benzene rings is 1. The predicted octanol–water partition coefficient (Wildman–Crippen LogP) is 3.25. The number of halogens is 1. The number of aliphatic imine (C=N–C) groups is 1. The van der Waals surface area contributed by atoms with Gasteiger partial charge in [0.1, 0.15) is 0 Å². The van der Waals surface area contributed by atoms with Crippen molar-refractivity contribution in [1.29, 1.82) is 0 Å². The summed E-state index contributed by atoms with van der Waals surface area (Å²) in [5, 5.41) is 6.59. The largest absolute Gasteiger partial charge is 0.379 e. The third-order valence-electron chi connectivity index (χ3n) is 3.81. The van der Waals surface area contributed by atoms with Crippen LogP contribution in [0.5, 0.6) is 0 Å². The van der Waals surface area contributed by atoms with Gasteiger partial charge in [-0.3, -0.25) is 0 Å². The van der Waals surface area contributed by atoms with Gasteiger partial charge in [0.25, 0.3) is 0 Å². The molecule has 0 saturated carbocycles. The first-order chi connectivity index (χ1) is 13.2. The van der Waals surface area contributed by atoms with Gasteiger partial charge in [-0.25, -0.2) is 4.99 Å². The number of ether oxygens (including phenoxy) is 2. The smallest absolute Gasteiger partial charge is 0.191 e. The van der Waals surface area contributed by atoms with Gasteiger partial charge >= 0.3 is 0 Å². The molecule has 0 amide bonds. The zero-order chi connectivity index (χ0) is 19.7. The van der Waals surface area contributed by atoms with Crippen molar-refractivity contribution >= 4 is 29.9 Å². The molecular weight excluding hydrogens is 467 g/mol. The second kappa shape index (κ2) is 18.1. The molecule has 0 aliphatic heterocycles. The molecule has 0 aliphatic carbocycles. The summed E-state index contributed by atoms with van der Waals surface area (Å²) in [5.41, 5.74) is 2.52. The lowest BCUT2D eigenvalue weighted by molar-refractivity contribution is 0.0487. The van der Waals surface area contributed by atoms with E-state index in [1.54, 1.807) is 0 Å². The van der Waals surface area contributed by atoms with Crippen LogP contribution in [0.3, 0.4) is 0 Å². The molecule has 28 heavy (non-hydrogen) atoms. The highest BCUT2D eigenvalue weighted by atomic mass is 127. The molecule has 0 unspecified atom stereocenters. The number of unbranched alkanes of at least 4 members (excludes halogenated alkanes) is 1. The molecule has 2 N–H and O–H groups in total. The summed E-state index contributed by atoms with van der Waals surface area (Å²) >= 11 is 0. The van der Waals surface area contributed by atoms with Crippen LogP contribution in [-0.4, -0.2) is 64.5 Å². The number of nitrogens with one attached hydrogen (secondary N) is 2. The minimum Gasteiger partial charge on any atom is -0.379 e. The fourth-order valence-corrected chi connectivity index (χ4v) is 2.51. The molecule has 0 aliphatic rings. The Bertz CT molecular complexity index is 527. The molecule has 0 bridgehead atoms. The summed E-state index contributed by atoms with van der Waals surface area (Å²) in [6.45, 7) is 10.1. The number of hydrogen-bond donors (Lipinski definition) is 2. The van der Waals surface area contributed by atoms with Crippen LogP contribution in [0.15, 0.2) is 29.3 Å². The van der Waals surface area contributed by atoms with E-state index in [0.29, 0.717) is 26.4 Å². The molecule has 0 radical (unpaired) electrons. The summed E-state index contributed by atoms with van der Waals surface area (Å²) in [5.74, 6) is 0.818. The Labute approximate surface area is 188 Å². The van der Waals surface area contributed by atoms with E-state index in [0.717, 1.165) is 45.0 Å². The first kappa shape index (κ1) is 27.1. The van der Waals surface area contributed by atoms with Crippen molar-refractivity contribution in [3.8, 4) is 0 Å². The van der Waals surface area contributed by atoms with Crippen molar-refractivity contribution in [2.45, 2.75) is 39.8 Å². The Morgan fingerprint density at radius 3 is 2.39 bits per heavy atom. The Kier molecular flexibility index (Phi) is 17.6. The first-order valence-electron chi connectivity index (χ1n) is 10.1. The molecule has 1 aromatic carbocycles. The summed E-state index contributed by atoms with van der Waals surface area (Å²) in [6, 6.07) is 8.59. The molecule has 162 valence electrons. The monoisotopic (exact) mass is 506 g/mol. The van der Waals surface area contributed by atoms with Crippen LogP contribution in [0.4, 0.5) is 0 Å². The van der Waals surface area contributed by atoms with Crippen LogP contribution < -0.4 is 10.6 Å².